The van der Waals surface area contributed by atoms with E-state index in [1.807, 2.05) is 4.90 Å². The van der Waals surface area contributed by atoms with Crippen molar-refractivity contribution in [2.24, 2.45) is 5.73 Å². The summed E-state index contributed by atoms with van der Waals surface area (Å²) in [4.78, 5) is 2.04. The Labute approximate surface area is 83.3 Å². The number of fused-ring (bicyclic) bond motifs is 1. The molecule has 0 saturated carbocycles. The molecule has 68 valence electrons. The van der Waals surface area contributed by atoms with Crippen LogP contribution in [0.1, 0.15) is 11.1 Å². The van der Waals surface area contributed by atoms with E-state index in [-0.39, 0.29) is 0 Å². The molecule has 0 spiro atoms. The monoisotopic (exact) mass is 192 g/mol. The zero-order valence-electron chi connectivity index (χ0n) is 7.36. The first-order valence-electron chi connectivity index (χ1n) is 4.38. The normalized spacial score (nSPS) is 15.2. The molecular weight excluding hydrogens is 180 g/mol. The Morgan fingerprint density at radius 3 is 2.69 bits per heavy atom. The van der Waals surface area contributed by atoms with Gasteiger partial charge in [0, 0.05) is 13.1 Å². The van der Waals surface area contributed by atoms with Gasteiger partial charge >= 0.3 is 0 Å². The molecule has 13 heavy (non-hydrogen) atoms. The maximum atomic E-state index is 5.58. The molecular formula is C10H12N2S. The van der Waals surface area contributed by atoms with Crippen molar-refractivity contribution in [1.29, 1.82) is 0 Å². The smallest absolute Gasteiger partial charge is 0.166 e. The van der Waals surface area contributed by atoms with Gasteiger partial charge in [0.25, 0.3) is 0 Å². The van der Waals surface area contributed by atoms with Crippen molar-refractivity contribution < 1.29 is 0 Å². The fourth-order valence-corrected chi connectivity index (χ4v) is 1.84. The van der Waals surface area contributed by atoms with Gasteiger partial charge in [-0.1, -0.05) is 24.3 Å². The van der Waals surface area contributed by atoms with Gasteiger partial charge < -0.3 is 10.6 Å². The predicted octanol–water partition coefficient (Wildman–Crippen LogP) is 1.29. The standard InChI is InChI=1S/C10H12N2S/c11-10(13)12-6-5-8-3-1-2-4-9(8)7-12/h1-4H,5-7H2,(H2,11,13). The zero-order valence-corrected chi connectivity index (χ0v) is 8.18. The van der Waals surface area contributed by atoms with E-state index in [9.17, 15) is 0 Å². The third kappa shape index (κ3) is 1.65. The topological polar surface area (TPSA) is 29.3 Å². The van der Waals surface area contributed by atoms with E-state index in [2.05, 4.69) is 24.3 Å². The molecule has 2 nitrogen and oxygen atoms in total. The molecule has 1 heterocycles. The van der Waals surface area contributed by atoms with Crippen LogP contribution in [0.15, 0.2) is 24.3 Å². The summed E-state index contributed by atoms with van der Waals surface area (Å²) < 4.78 is 0. The number of benzene rings is 1. The van der Waals surface area contributed by atoms with Crippen LogP contribution in [-0.2, 0) is 13.0 Å². The van der Waals surface area contributed by atoms with Crippen molar-refractivity contribution in [3.05, 3.63) is 35.4 Å². The molecule has 1 aliphatic heterocycles. The molecule has 2 rings (SSSR count). The van der Waals surface area contributed by atoms with Gasteiger partial charge in [-0.3, -0.25) is 0 Å². The van der Waals surface area contributed by atoms with Crippen LogP contribution in [0, 0.1) is 0 Å². The molecule has 1 aromatic rings. The highest BCUT2D eigenvalue weighted by atomic mass is 32.1. The molecule has 0 fully saturated rings. The average Bonchev–Trinajstić information content (AvgIpc) is 2.17. The Morgan fingerprint density at radius 1 is 1.31 bits per heavy atom. The van der Waals surface area contributed by atoms with E-state index in [1.54, 1.807) is 0 Å². The Morgan fingerprint density at radius 2 is 2.00 bits per heavy atom. The fourth-order valence-electron chi connectivity index (χ4n) is 1.68. The Kier molecular flexibility index (Phi) is 2.19. The highest BCUT2D eigenvalue weighted by Gasteiger charge is 2.15. The molecule has 0 saturated heterocycles. The van der Waals surface area contributed by atoms with Crippen LogP contribution in [0.2, 0.25) is 0 Å². The summed E-state index contributed by atoms with van der Waals surface area (Å²) in [5, 5.41) is 0.509. The highest BCUT2D eigenvalue weighted by Crippen LogP contribution is 2.17. The summed E-state index contributed by atoms with van der Waals surface area (Å²) in [5.74, 6) is 0. The molecule has 3 heteroatoms. The lowest BCUT2D eigenvalue weighted by Gasteiger charge is -2.28. The molecule has 0 bridgehead atoms. The third-order valence-electron chi connectivity index (χ3n) is 2.44. The number of hydrogen-bond donors (Lipinski definition) is 1. The van der Waals surface area contributed by atoms with Gasteiger partial charge in [-0.2, -0.15) is 0 Å². The maximum absolute atomic E-state index is 5.58. The number of nitrogens with zero attached hydrogens (tertiary/aromatic N) is 1. The summed E-state index contributed by atoms with van der Waals surface area (Å²) in [6, 6.07) is 8.45. The van der Waals surface area contributed by atoms with E-state index in [4.69, 9.17) is 18.0 Å². The Hall–Kier alpha value is -1.09. The summed E-state index contributed by atoms with van der Waals surface area (Å²) in [6.45, 7) is 1.82. The largest absolute Gasteiger partial charge is 0.376 e. The van der Waals surface area contributed by atoms with E-state index >= 15 is 0 Å². The zero-order chi connectivity index (χ0) is 9.26. The summed E-state index contributed by atoms with van der Waals surface area (Å²) >= 11 is 4.95. The van der Waals surface area contributed by atoms with Crippen LogP contribution in [0.25, 0.3) is 0 Å². The van der Waals surface area contributed by atoms with Gasteiger partial charge in [-0.25, -0.2) is 0 Å². The summed E-state index contributed by atoms with van der Waals surface area (Å²) in [6.07, 6.45) is 1.05. The van der Waals surface area contributed by atoms with Crippen LogP contribution in [0.3, 0.4) is 0 Å². The van der Waals surface area contributed by atoms with Crippen molar-refractivity contribution in [2.45, 2.75) is 13.0 Å². The summed E-state index contributed by atoms with van der Waals surface area (Å²) in [7, 11) is 0. The minimum atomic E-state index is 0.509. The molecule has 0 aromatic heterocycles. The van der Waals surface area contributed by atoms with Gasteiger partial charge in [-0.15, -0.1) is 0 Å². The van der Waals surface area contributed by atoms with Crippen molar-refractivity contribution in [3.8, 4) is 0 Å². The average molecular weight is 192 g/mol. The first-order valence-corrected chi connectivity index (χ1v) is 4.79. The molecule has 0 amide bonds. The maximum Gasteiger partial charge on any atom is 0.166 e. The van der Waals surface area contributed by atoms with Gasteiger partial charge in [0.1, 0.15) is 0 Å². The number of hydrogen-bond acceptors (Lipinski definition) is 1. The minimum Gasteiger partial charge on any atom is -0.376 e. The lowest BCUT2D eigenvalue weighted by atomic mass is 10.0. The second-order valence-electron chi connectivity index (χ2n) is 3.28. The van der Waals surface area contributed by atoms with Gasteiger partial charge in [0.05, 0.1) is 0 Å². The fraction of sp³-hybridized carbons (Fsp3) is 0.300. The second-order valence-corrected chi connectivity index (χ2v) is 3.70. The van der Waals surface area contributed by atoms with Gasteiger partial charge in [0.2, 0.25) is 0 Å². The predicted molar refractivity (Wildman–Crippen MR) is 57.3 cm³/mol. The molecule has 0 radical (unpaired) electrons. The minimum absolute atomic E-state index is 0.509. The SMILES string of the molecule is NC(=S)N1CCc2ccccc2C1. The highest BCUT2D eigenvalue weighted by molar-refractivity contribution is 7.80. The van der Waals surface area contributed by atoms with Crippen molar-refractivity contribution in [1.82, 2.24) is 4.90 Å². The van der Waals surface area contributed by atoms with E-state index in [0.717, 1.165) is 19.5 Å². The number of rotatable bonds is 0. The lowest BCUT2D eigenvalue weighted by Crippen LogP contribution is -2.39. The molecule has 0 unspecified atom stereocenters. The molecule has 0 atom stereocenters. The van der Waals surface area contributed by atoms with Crippen molar-refractivity contribution >= 4 is 17.3 Å². The molecule has 0 aliphatic carbocycles. The van der Waals surface area contributed by atoms with Gasteiger partial charge in [-0.05, 0) is 29.8 Å². The lowest BCUT2D eigenvalue weighted by molar-refractivity contribution is 0.397. The van der Waals surface area contributed by atoms with Crippen molar-refractivity contribution in [3.63, 3.8) is 0 Å². The second kappa shape index (κ2) is 3.34. The Bertz CT molecular complexity index is 335. The van der Waals surface area contributed by atoms with Crippen LogP contribution >= 0.6 is 12.2 Å². The van der Waals surface area contributed by atoms with Crippen LogP contribution in [0.4, 0.5) is 0 Å². The number of nitrogens with two attached hydrogens (primary N) is 1. The van der Waals surface area contributed by atoms with E-state index < -0.39 is 0 Å². The van der Waals surface area contributed by atoms with Crippen LogP contribution in [0.5, 0.6) is 0 Å². The van der Waals surface area contributed by atoms with Crippen molar-refractivity contribution in [2.75, 3.05) is 6.54 Å². The molecule has 1 aromatic carbocycles. The quantitative estimate of drug-likeness (QED) is 0.628. The van der Waals surface area contributed by atoms with E-state index in [0.29, 0.717) is 5.11 Å². The summed E-state index contributed by atoms with van der Waals surface area (Å²) in [5.41, 5.74) is 8.36. The first-order chi connectivity index (χ1) is 6.27. The van der Waals surface area contributed by atoms with Crippen LogP contribution < -0.4 is 5.73 Å². The molecule has 2 N–H and O–H groups in total. The first kappa shape index (κ1) is 8.51. The van der Waals surface area contributed by atoms with Gasteiger partial charge in [0.15, 0.2) is 5.11 Å². The number of thiocarbonyl (C=S) groups is 1. The third-order valence-corrected chi connectivity index (χ3v) is 2.70. The van der Waals surface area contributed by atoms with Crippen LogP contribution in [-0.4, -0.2) is 16.6 Å². The molecule has 1 aliphatic rings. The van der Waals surface area contributed by atoms with E-state index in [1.165, 1.54) is 11.1 Å². The Balaban J connectivity index is 2.24.